The molecule has 11 nitrogen and oxygen atoms in total. The van der Waals surface area contributed by atoms with Crippen molar-refractivity contribution in [2.45, 2.75) is 37.5 Å². The number of aliphatic hydroxyl groups is 3. The summed E-state index contributed by atoms with van der Waals surface area (Å²) in [6, 6.07) is 4.47. The summed E-state index contributed by atoms with van der Waals surface area (Å²) >= 11 is 0. The number of ether oxygens (including phenoxy) is 1. The summed E-state index contributed by atoms with van der Waals surface area (Å²) in [4.78, 5) is 17.1. The molecular formula is C20H22FN7O4. The zero-order chi connectivity index (χ0) is 22.5. The first-order valence-corrected chi connectivity index (χ1v) is 10.1. The first-order chi connectivity index (χ1) is 15.4. The van der Waals surface area contributed by atoms with Gasteiger partial charge in [0.25, 0.3) is 0 Å². The number of nitrogens with one attached hydrogen (secondary N) is 1. The van der Waals surface area contributed by atoms with Gasteiger partial charge in [0.1, 0.15) is 30.0 Å². The predicted octanol–water partition coefficient (Wildman–Crippen LogP) is 0.429. The monoisotopic (exact) mass is 443 g/mol. The molecule has 4 N–H and O–H groups in total. The van der Waals surface area contributed by atoms with Gasteiger partial charge in [0.2, 0.25) is 0 Å². The number of aliphatic hydroxyl groups excluding tert-OH is 2. The number of halogens is 1. The lowest BCUT2D eigenvalue weighted by molar-refractivity contribution is -0.0950. The van der Waals surface area contributed by atoms with Crippen LogP contribution in [0, 0.1) is 5.82 Å². The molecule has 5 rings (SSSR count). The van der Waals surface area contributed by atoms with Crippen molar-refractivity contribution in [1.29, 1.82) is 0 Å². The van der Waals surface area contributed by atoms with E-state index in [1.165, 1.54) is 36.3 Å². The van der Waals surface area contributed by atoms with Crippen molar-refractivity contribution in [1.82, 2.24) is 29.1 Å². The van der Waals surface area contributed by atoms with E-state index in [2.05, 4.69) is 25.3 Å². The number of fused-ring (bicyclic) bond motifs is 2. The zero-order valence-corrected chi connectivity index (χ0v) is 17.1. The minimum Gasteiger partial charge on any atom is -0.394 e. The molecule has 1 saturated heterocycles. The Morgan fingerprint density at radius 2 is 2.06 bits per heavy atom. The van der Waals surface area contributed by atoms with Crippen LogP contribution in [-0.2, 0) is 11.3 Å². The molecule has 0 bridgehead atoms. The molecule has 3 aromatic heterocycles. The maximum atomic E-state index is 13.4. The molecule has 32 heavy (non-hydrogen) atoms. The van der Waals surface area contributed by atoms with Crippen molar-refractivity contribution in [3.63, 3.8) is 0 Å². The number of anilines is 1. The maximum absolute atomic E-state index is 13.4. The third-order valence-corrected chi connectivity index (χ3v) is 5.77. The van der Waals surface area contributed by atoms with Crippen molar-refractivity contribution in [3.8, 4) is 0 Å². The van der Waals surface area contributed by atoms with Gasteiger partial charge in [0.15, 0.2) is 23.2 Å². The number of nitrogens with zero attached hydrogens (tertiary/aromatic N) is 6. The fraction of sp³-hybridized carbons (Fsp3) is 0.400. The third kappa shape index (κ3) is 3.28. The lowest BCUT2D eigenvalue weighted by Gasteiger charge is -2.27. The third-order valence-electron chi connectivity index (χ3n) is 5.77. The summed E-state index contributed by atoms with van der Waals surface area (Å²) in [5.74, 6) is 0.156. The molecule has 12 heteroatoms. The highest BCUT2D eigenvalue weighted by atomic mass is 19.1. The van der Waals surface area contributed by atoms with Crippen LogP contribution < -0.4 is 5.32 Å². The summed E-state index contributed by atoms with van der Waals surface area (Å²) < 4.78 is 22.4. The van der Waals surface area contributed by atoms with Crippen LogP contribution >= 0.6 is 0 Å². The Kier molecular flexibility index (Phi) is 5.01. The summed E-state index contributed by atoms with van der Waals surface area (Å²) in [7, 11) is 0. The van der Waals surface area contributed by atoms with Gasteiger partial charge in [-0.2, -0.15) is 0 Å². The van der Waals surface area contributed by atoms with Crippen LogP contribution in [0.15, 0.2) is 37.2 Å². The lowest BCUT2D eigenvalue weighted by Crippen LogP contribution is -2.44. The molecule has 1 aromatic carbocycles. The topological polar surface area (TPSA) is 143 Å². The molecule has 3 unspecified atom stereocenters. The Morgan fingerprint density at radius 1 is 1.22 bits per heavy atom. The maximum Gasteiger partial charge on any atom is 0.168 e. The van der Waals surface area contributed by atoms with E-state index in [0.29, 0.717) is 35.6 Å². The number of benzene rings is 1. The average Bonchev–Trinajstić information content (AvgIpc) is 3.43. The van der Waals surface area contributed by atoms with Crippen molar-refractivity contribution < 1.29 is 24.4 Å². The van der Waals surface area contributed by atoms with E-state index in [0.717, 1.165) is 5.52 Å². The van der Waals surface area contributed by atoms with Crippen LogP contribution in [0.2, 0.25) is 0 Å². The highest BCUT2D eigenvalue weighted by Gasteiger charge is 2.53. The van der Waals surface area contributed by atoms with E-state index in [4.69, 9.17) is 4.74 Å². The van der Waals surface area contributed by atoms with Gasteiger partial charge in [-0.15, -0.1) is 0 Å². The van der Waals surface area contributed by atoms with Crippen molar-refractivity contribution in [2.75, 3.05) is 18.5 Å². The van der Waals surface area contributed by atoms with Crippen LogP contribution in [0.5, 0.6) is 0 Å². The smallest absolute Gasteiger partial charge is 0.168 e. The minimum atomic E-state index is -1.65. The Morgan fingerprint density at radius 3 is 2.84 bits per heavy atom. The van der Waals surface area contributed by atoms with Gasteiger partial charge in [-0.3, -0.25) is 4.57 Å². The lowest BCUT2D eigenvalue weighted by atomic mass is 9.96. The molecule has 0 radical (unpaired) electrons. The van der Waals surface area contributed by atoms with Crippen LogP contribution in [0.4, 0.5) is 10.2 Å². The van der Waals surface area contributed by atoms with Gasteiger partial charge in [-0.1, -0.05) is 0 Å². The van der Waals surface area contributed by atoms with Crippen LogP contribution in [-0.4, -0.2) is 75.4 Å². The van der Waals surface area contributed by atoms with Crippen molar-refractivity contribution in [2.24, 2.45) is 0 Å². The molecule has 1 fully saturated rings. The van der Waals surface area contributed by atoms with Gasteiger partial charge in [0.05, 0.1) is 30.3 Å². The summed E-state index contributed by atoms with van der Waals surface area (Å²) in [5.41, 5.74) is 0.623. The molecule has 4 atom stereocenters. The summed E-state index contributed by atoms with van der Waals surface area (Å²) in [6.07, 6.45) is 1.28. The Balaban J connectivity index is 1.36. The van der Waals surface area contributed by atoms with Gasteiger partial charge in [-0.25, -0.2) is 24.3 Å². The van der Waals surface area contributed by atoms with Crippen LogP contribution in [0.3, 0.4) is 0 Å². The summed E-state index contributed by atoms with van der Waals surface area (Å²) in [6.45, 7) is 2.05. The summed E-state index contributed by atoms with van der Waals surface area (Å²) in [5, 5.41) is 33.6. The second kappa shape index (κ2) is 7.74. The van der Waals surface area contributed by atoms with Crippen LogP contribution in [0.25, 0.3) is 22.2 Å². The molecule has 0 amide bonds. The predicted molar refractivity (Wildman–Crippen MR) is 111 cm³/mol. The number of hydrogen-bond acceptors (Lipinski definition) is 9. The van der Waals surface area contributed by atoms with E-state index in [9.17, 15) is 19.7 Å². The Labute approximate surface area is 181 Å². The highest BCUT2D eigenvalue weighted by Crippen LogP contribution is 2.39. The number of rotatable bonds is 6. The van der Waals surface area contributed by atoms with Crippen molar-refractivity contribution in [3.05, 3.63) is 43.0 Å². The fourth-order valence-corrected chi connectivity index (χ4v) is 4.05. The number of hydrogen-bond donors (Lipinski definition) is 4. The van der Waals surface area contributed by atoms with Crippen molar-refractivity contribution >= 4 is 28.0 Å². The van der Waals surface area contributed by atoms with Gasteiger partial charge < -0.3 is 29.9 Å². The molecule has 4 heterocycles. The molecule has 0 aliphatic carbocycles. The molecule has 4 aromatic rings. The zero-order valence-electron chi connectivity index (χ0n) is 17.1. The SMILES string of the molecule is C[C@@]1(O)C(O)C(CO)OC1n1cnc2c(NCCn3cnc4cc(F)ccc43)ncnc21. The molecule has 1 aliphatic heterocycles. The first kappa shape index (κ1) is 20.7. The quantitative estimate of drug-likeness (QED) is 0.333. The van der Waals surface area contributed by atoms with E-state index in [1.807, 2.05) is 4.57 Å². The van der Waals surface area contributed by atoms with E-state index < -0.39 is 30.6 Å². The second-order valence-corrected chi connectivity index (χ2v) is 7.92. The second-order valence-electron chi connectivity index (χ2n) is 7.92. The number of aromatic nitrogens is 6. The van der Waals surface area contributed by atoms with Gasteiger partial charge >= 0.3 is 0 Å². The first-order valence-electron chi connectivity index (χ1n) is 10.1. The molecule has 1 aliphatic rings. The normalized spacial score (nSPS) is 25.7. The molecular weight excluding hydrogens is 421 g/mol. The van der Waals surface area contributed by atoms with Crippen LogP contribution in [0.1, 0.15) is 13.2 Å². The van der Waals surface area contributed by atoms with E-state index in [-0.39, 0.29) is 5.82 Å². The Bertz CT molecular complexity index is 1270. The van der Waals surface area contributed by atoms with E-state index in [1.54, 1.807) is 12.4 Å². The average molecular weight is 443 g/mol. The number of imidazole rings is 2. The Hall–Kier alpha value is -3.19. The standard InChI is InChI=1S/C20H22FN7O4/c1-20(31)16(30)14(7-29)32-19(20)28-10-26-15-17(23-8-24-18(15)28)22-4-5-27-9-25-12-6-11(21)2-3-13(12)27/h2-3,6,8-10,14,16,19,29-31H,4-5,7H2,1H3,(H,22,23,24)/t14?,16?,19?,20-/m1/s1. The highest BCUT2D eigenvalue weighted by molar-refractivity contribution is 5.82. The minimum absolute atomic E-state index is 0.331. The molecule has 168 valence electrons. The molecule has 0 spiro atoms. The van der Waals surface area contributed by atoms with Gasteiger partial charge in [0, 0.05) is 19.2 Å². The van der Waals surface area contributed by atoms with Gasteiger partial charge in [-0.05, 0) is 19.1 Å². The molecule has 0 saturated carbocycles. The largest absolute Gasteiger partial charge is 0.394 e. The van der Waals surface area contributed by atoms with E-state index >= 15 is 0 Å². The fourth-order valence-electron chi connectivity index (χ4n) is 4.05.